The largest absolute Gasteiger partial charge is 0.355 e. The van der Waals surface area contributed by atoms with Crippen molar-refractivity contribution in [3.05, 3.63) is 29.8 Å². The second-order valence-corrected chi connectivity index (χ2v) is 4.65. The molecule has 1 saturated heterocycles. The molecular weight excluding hydrogens is 278 g/mol. The number of amides is 2. The van der Waals surface area contributed by atoms with Crippen LogP contribution in [0, 0.1) is 0 Å². The van der Waals surface area contributed by atoms with Gasteiger partial charge >= 0.3 is 0 Å². The number of hydrogen-bond donors (Lipinski definition) is 3. The Balaban J connectivity index is 0.00000200. The molecule has 0 aromatic heterocycles. The minimum atomic E-state index is -0.160. The summed E-state index contributed by atoms with van der Waals surface area (Å²) in [4.78, 5) is 23.6. The Morgan fingerprint density at radius 3 is 2.75 bits per heavy atom. The lowest BCUT2D eigenvalue weighted by atomic mass is 10.0. The highest BCUT2D eigenvalue weighted by Crippen LogP contribution is 2.13. The maximum absolute atomic E-state index is 12.0. The minimum Gasteiger partial charge on any atom is -0.355 e. The molecule has 3 N–H and O–H groups in total. The molecule has 5 nitrogen and oxygen atoms in total. The van der Waals surface area contributed by atoms with Gasteiger partial charge in [0.15, 0.2) is 0 Å². The van der Waals surface area contributed by atoms with Crippen LogP contribution in [0.4, 0.5) is 5.69 Å². The summed E-state index contributed by atoms with van der Waals surface area (Å²) in [5, 5.41) is 8.61. The molecule has 0 spiro atoms. The SMILES string of the molecule is CNC(=O)c1cccc(NC(=O)C2CCCCN2)c1.Cl. The molecule has 6 heteroatoms. The van der Waals surface area contributed by atoms with Gasteiger partial charge < -0.3 is 16.0 Å². The maximum Gasteiger partial charge on any atom is 0.251 e. The Hall–Kier alpha value is -1.59. The second-order valence-electron chi connectivity index (χ2n) is 4.65. The summed E-state index contributed by atoms with van der Waals surface area (Å²) in [6.45, 7) is 0.885. The fourth-order valence-electron chi connectivity index (χ4n) is 2.19. The monoisotopic (exact) mass is 297 g/mol. The van der Waals surface area contributed by atoms with Crippen molar-refractivity contribution in [2.24, 2.45) is 0 Å². The van der Waals surface area contributed by atoms with Gasteiger partial charge in [0.1, 0.15) is 0 Å². The Bertz CT molecular complexity index is 473. The van der Waals surface area contributed by atoms with Gasteiger partial charge in [0.2, 0.25) is 5.91 Å². The minimum absolute atomic E-state index is 0. The molecule has 2 rings (SSSR count). The van der Waals surface area contributed by atoms with Crippen LogP contribution < -0.4 is 16.0 Å². The predicted molar refractivity (Wildman–Crippen MR) is 81.4 cm³/mol. The zero-order chi connectivity index (χ0) is 13.7. The number of carbonyl (C=O) groups excluding carboxylic acids is 2. The highest BCUT2D eigenvalue weighted by Gasteiger charge is 2.20. The van der Waals surface area contributed by atoms with Crippen LogP contribution in [0.2, 0.25) is 0 Å². The van der Waals surface area contributed by atoms with Crippen LogP contribution in [0.25, 0.3) is 0 Å². The summed E-state index contributed by atoms with van der Waals surface area (Å²) in [5.41, 5.74) is 1.19. The number of piperidine rings is 1. The molecule has 0 aliphatic carbocycles. The first kappa shape index (κ1) is 16.5. The maximum atomic E-state index is 12.0. The van der Waals surface area contributed by atoms with Crippen LogP contribution >= 0.6 is 12.4 Å². The molecule has 0 radical (unpaired) electrons. The Morgan fingerprint density at radius 2 is 2.10 bits per heavy atom. The molecule has 0 bridgehead atoms. The van der Waals surface area contributed by atoms with Crippen molar-refractivity contribution in [3.63, 3.8) is 0 Å². The molecule has 0 saturated carbocycles. The molecule has 1 fully saturated rings. The summed E-state index contributed by atoms with van der Waals surface area (Å²) in [6.07, 6.45) is 3.06. The van der Waals surface area contributed by atoms with Gasteiger partial charge in [-0.25, -0.2) is 0 Å². The number of rotatable bonds is 3. The fraction of sp³-hybridized carbons (Fsp3) is 0.429. The normalized spacial score (nSPS) is 17.8. The van der Waals surface area contributed by atoms with Gasteiger partial charge in [-0.3, -0.25) is 9.59 Å². The van der Waals surface area contributed by atoms with Gasteiger partial charge in [0.05, 0.1) is 6.04 Å². The predicted octanol–water partition coefficient (Wildman–Crippen LogP) is 1.55. The highest BCUT2D eigenvalue weighted by molar-refractivity contribution is 5.98. The van der Waals surface area contributed by atoms with E-state index in [9.17, 15) is 9.59 Å². The molecular formula is C14H20ClN3O2. The number of nitrogens with one attached hydrogen (secondary N) is 3. The van der Waals surface area contributed by atoms with E-state index in [1.165, 1.54) is 0 Å². The van der Waals surface area contributed by atoms with E-state index in [1.807, 2.05) is 0 Å². The van der Waals surface area contributed by atoms with Gasteiger partial charge in [0, 0.05) is 18.3 Å². The van der Waals surface area contributed by atoms with Crippen LogP contribution in [0.1, 0.15) is 29.6 Å². The smallest absolute Gasteiger partial charge is 0.251 e. The second kappa shape index (κ2) is 7.87. The zero-order valence-corrected chi connectivity index (χ0v) is 12.3. The van der Waals surface area contributed by atoms with E-state index < -0.39 is 0 Å². The van der Waals surface area contributed by atoms with Crippen LogP contribution in [0.15, 0.2) is 24.3 Å². The van der Waals surface area contributed by atoms with Gasteiger partial charge in [-0.05, 0) is 37.6 Å². The standard InChI is InChI=1S/C14H19N3O2.ClH/c1-15-13(18)10-5-4-6-11(9-10)17-14(19)12-7-2-3-8-16-12;/h4-6,9,12,16H,2-3,7-8H2,1H3,(H,15,18)(H,17,19);1H. The lowest BCUT2D eigenvalue weighted by molar-refractivity contribution is -0.118. The van der Waals surface area contributed by atoms with Gasteiger partial charge in [0.25, 0.3) is 5.91 Å². The fourth-order valence-corrected chi connectivity index (χ4v) is 2.19. The van der Waals surface area contributed by atoms with E-state index in [2.05, 4.69) is 16.0 Å². The first-order valence-corrected chi connectivity index (χ1v) is 6.57. The third-order valence-electron chi connectivity index (χ3n) is 3.25. The molecule has 2 amide bonds. The summed E-state index contributed by atoms with van der Waals surface area (Å²) >= 11 is 0. The Labute approximate surface area is 124 Å². The summed E-state index contributed by atoms with van der Waals surface area (Å²) < 4.78 is 0. The molecule has 110 valence electrons. The van der Waals surface area contributed by atoms with E-state index >= 15 is 0 Å². The highest BCUT2D eigenvalue weighted by atomic mass is 35.5. The van der Waals surface area contributed by atoms with E-state index in [0.29, 0.717) is 11.3 Å². The summed E-state index contributed by atoms with van der Waals surface area (Å²) in [6, 6.07) is 6.81. The van der Waals surface area contributed by atoms with Gasteiger partial charge in [-0.15, -0.1) is 12.4 Å². The average Bonchev–Trinajstić information content (AvgIpc) is 2.47. The van der Waals surface area contributed by atoms with Crippen molar-refractivity contribution in [2.45, 2.75) is 25.3 Å². The molecule has 1 heterocycles. The molecule has 1 unspecified atom stereocenters. The van der Waals surface area contributed by atoms with Gasteiger partial charge in [-0.2, -0.15) is 0 Å². The Morgan fingerprint density at radius 1 is 1.30 bits per heavy atom. The van der Waals surface area contributed by atoms with E-state index in [1.54, 1.807) is 31.3 Å². The first-order chi connectivity index (χ1) is 9.20. The quantitative estimate of drug-likeness (QED) is 0.793. The number of hydrogen-bond acceptors (Lipinski definition) is 3. The van der Waals surface area contributed by atoms with Crippen molar-refractivity contribution in [1.82, 2.24) is 10.6 Å². The molecule has 1 aliphatic rings. The van der Waals surface area contributed by atoms with E-state index in [-0.39, 0.29) is 30.3 Å². The zero-order valence-electron chi connectivity index (χ0n) is 11.4. The lowest BCUT2D eigenvalue weighted by Crippen LogP contribution is -2.43. The van der Waals surface area contributed by atoms with Crippen LogP contribution in [-0.2, 0) is 4.79 Å². The third-order valence-corrected chi connectivity index (χ3v) is 3.25. The van der Waals surface area contributed by atoms with Crippen molar-refractivity contribution in [1.29, 1.82) is 0 Å². The lowest BCUT2D eigenvalue weighted by Gasteiger charge is -2.22. The average molecular weight is 298 g/mol. The van der Waals surface area contributed by atoms with Crippen molar-refractivity contribution in [2.75, 3.05) is 18.9 Å². The summed E-state index contributed by atoms with van der Waals surface area (Å²) in [5.74, 6) is -0.194. The van der Waals surface area contributed by atoms with Crippen LogP contribution in [0.5, 0.6) is 0 Å². The summed E-state index contributed by atoms with van der Waals surface area (Å²) in [7, 11) is 1.58. The van der Waals surface area contributed by atoms with Crippen molar-refractivity contribution < 1.29 is 9.59 Å². The van der Waals surface area contributed by atoms with Gasteiger partial charge in [-0.1, -0.05) is 12.5 Å². The van der Waals surface area contributed by atoms with Crippen LogP contribution in [0.3, 0.4) is 0 Å². The molecule has 1 aromatic rings. The Kier molecular flexibility index (Phi) is 6.48. The van der Waals surface area contributed by atoms with Crippen molar-refractivity contribution >= 4 is 29.9 Å². The molecule has 20 heavy (non-hydrogen) atoms. The van der Waals surface area contributed by atoms with E-state index in [0.717, 1.165) is 25.8 Å². The number of benzene rings is 1. The third kappa shape index (κ3) is 4.21. The van der Waals surface area contributed by atoms with Crippen molar-refractivity contribution in [3.8, 4) is 0 Å². The number of carbonyl (C=O) groups is 2. The van der Waals surface area contributed by atoms with Crippen LogP contribution in [-0.4, -0.2) is 31.4 Å². The molecule has 1 atom stereocenters. The number of halogens is 1. The molecule has 1 aromatic carbocycles. The number of anilines is 1. The van der Waals surface area contributed by atoms with E-state index in [4.69, 9.17) is 0 Å². The molecule has 1 aliphatic heterocycles. The first-order valence-electron chi connectivity index (χ1n) is 6.57. The topological polar surface area (TPSA) is 70.2 Å².